The molecule has 0 saturated carbocycles. The first kappa shape index (κ1) is 29.1. The molecule has 3 heterocycles. The third-order valence-corrected chi connectivity index (χ3v) is 7.32. The summed E-state index contributed by atoms with van der Waals surface area (Å²) in [7, 11) is -4.93. The minimum Gasteiger partial charge on any atom is -0.394 e. The van der Waals surface area contributed by atoms with Gasteiger partial charge in [0.1, 0.15) is 35.5 Å². The molecule has 38 heavy (non-hydrogen) atoms. The summed E-state index contributed by atoms with van der Waals surface area (Å²) in [5.41, 5.74) is -1.26. The van der Waals surface area contributed by atoms with Gasteiger partial charge in [0.25, 0.3) is 0 Å². The summed E-state index contributed by atoms with van der Waals surface area (Å²) in [5.74, 6) is -4.56. The molecule has 0 spiro atoms. The Morgan fingerprint density at radius 1 is 1.18 bits per heavy atom. The standard InChI is InChI=1S/C20H19BrF3N4O8PS/c21-10-3-11(5-25-4-10)38-20-19(34-8-35-37(31,32)33)17(18(30)15(7-29)36-20)28-6-14(26-27-28)9-1-12(22)16(24)13(23)2-9/h1-6,15,17-20,29-30H,7-8H2,(H2,31,32,33)/t15?,17-,18-,19?,20+/m0/s1. The van der Waals surface area contributed by atoms with Crippen LogP contribution < -0.4 is 0 Å². The van der Waals surface area contributed by atoms with Crippen LogP contribution in [0.1, 0.15) is 6.04 Å². The number of ether oxygens (including phenoxy) is 2. The van der Waals surface area contributed by atoms with Crippen LogP contribution >= 0.6 is 35.5 Å². The van der Waals surface area contributed by atoms with Gasteiger partial charge in [-0.1, -0.05) is 17.0 Å². The van der Waals surface area contributed by atoms with E-state index < -0.39 is 68.5 Å². The molecule has 0 amide bonds. The van der Waals surface area contributed by atoms with Gasteiger partial charge in [0.2, 0.25) is 0 Å². The molecule has 1 saturated heterocycles. The van der Waals surface area contributed by atoms with E-state index >= 15 is 0 Å². The molecule has 1 aromatic carbocycles. The molecule has 0 bridgehead atoms. The van der Waals surface area contributed by atoms with Crippen molar-refractivity contribution in [2.45, 2.75) is 34.7 Å². The lowest BCUT2D eigenvalue weighted by molar-refractivity contribution is -0.207. The zero-order valence-corrected chi connectivity index (χ0v) is 22.1. The molecule has 12 nitrogen and oxygen atoms in total. The van der Waals surface area contributed by atoms with E-state index in [1.165, 1.54) is 18.6 Å². The molecule has 4 rings (SSSR count). The van der Waals surface area contributed by atoms with Crippen LogP contribution in [-0.4, -0.2) is 77.1 Å². The first-order chi connectivity index (χ1) is 18.0. The van der Waals surface area contributed by atoms with Gasteiger partial charge in [-0.05, 0) is 34.1 Å². The Labute approximate surface area is 225 Å². The van der Waals surface area contributed by atoms with E-state index in [9.17, 15) is 27.9 Å². The second kappa shape index (κ2) is 12.1. The third-order valence-electron chi connectivity index (χ3n) is 5.33. The summed E-state index contributed by atoms with van der Waals surface area (Å²) in [5, 5.41) is 28.6. The number of halogens is 4. The Morgan fingerprint density at radius 3 is 2.53 bits per heavy atom. The molecule has 1 fully saturated rings. The predicted molar refractivity (Wildman–Crippen MR) is 127 cm³/mol. The maximum atomic E-state index is 13.8. The number of pyridine rings is 1. The van der Waals surface area contributed by atoms with Gasteiger partial charge in [-0.2, -0.15) is 0 Å². The monoisotopic (exact) mass is 642 g/mol. The van der Waals surface area contributed by atoms with E-state index in [0.717, 1.165) is 16.4 Å². The van der Waals surface area contributed by atoms with Crippen molar-refractivity contribution < 1.29 is 51.7 Å². The molecule has 4 N–H and O–H groups in total. The lowest BCUT2D eigenvalue weighted by atomic mass is 9.97. The van der Waals surface area contributed by atoms with Gasteiger partial charge in [0, 0.05) is 27.3 Å². The Bertz CT molecular complexity index is 1310. The molecule has 1 aliphatic rings. The number of phosphoric ester groups is 1. The lowest BCUT2D eigenvalue weighted by Crippen LogP contribution is -2.56. The number of nitrogens with zero attached hydrogens (tertiary/aromatic N) is 4. The van der Waals surface area contributed by atoms with Crippen LogP contribution in [0, 0.1) is 17.5 Å². The third kappa shape index (κ3) is 6.80. The molecule has 18 heteroatoms. The van der Waals surface area contributed by atoms with Crippen LogP contribution in [0.15, 0.2) is 46.2 Å². The van der Waals surface area contributed by atoms with Crippen molar-refractivity contribution in [2.75, 3.05) is 13.4 Å². The van der Waals surface area contributed by atoms with E-state index in [1.54, 1.807) is 6.07 Å². The number of aliphatic hydroxyl groups is 2. The SMILES string of the molecule is O=P(O)(O)OCOC1[C@@H](Sc2cncc(Br)c2)OC(CO)[C@H](O)[C@@H]1n1cc(-c2cc(F)c(F)c(F)c2)nn1. The number of hydrogen-bond donors (Lipinski definition) is 4. The predicted octanol–water partition coefficient (Wildman–Crippen LogP) is 2.38. The molecule has 2 unspecified atom stereocenters. The van der Waals surface area contributed by atoms with Crippen LogP contribution in [0.4, 0.5) is 13.2 Å². The Hall–Kier alpha value is -1.92. The number of rotatable bonds is 9. The highest BCUT2D eigenvalue weighted by molar-refractivity contribution is 9.10. The highest BCUT2D eigenvalue weighted by Gasteiger charge is 2.48. The number of phosphoric acid groups is 1. The van der Waals surface area contributed by atoms with Gasteiger partial charge in [0.05, 0.1) is 12.8 Å². The van der Waals surface area contributed by atoms with Crippen molar-refractivity contribution in [3.05, 3.63) is 58.7 Å². The van der Waals surface area contributed by atoms with Gasteiger partial charge < -0.3 is 29.5 Å². The molecular formula is C20H19BrF3N4O8PS. The second-order valence-electron chi connectivity index (χ2n) is 7.87. The van der Waals surface area contributed by atoms with E-state index in [0.29, 0.717) is 21.5 Å². The van der Waals surface area contributed by atoms with E-state index in [-0.39, 0.29) is 11.3 Å². The number of thioether (sulfide) groups is 1. The van der Waals surface area contributed by atoms with Crippen LogP contribution in [0.5, 0.6) is 0 Å². The molecule has 0 aliphatic carbocycles. The van der Waals surface area contributed by atoms with E-state index in [4.69, 9.17) is 19.3 Å². The van der Waals surface area contributed by atoms with Crippen molar-refractivity contribution in [3.8, 4) is 11.3 Å². The minimum atomic E-state index is -4.93. The molecule has 206 valence electrons. The van der Waals surface area contributed by atoms with Crippen molar-refractivity contribution in [2.24, 2.45) is 0 Å². The van der Waals surface area contributed by atoms with Gasteiger partial charge >= 0.3 is 7.82 Å². The highest BCUT2D eigenvalue weighted by Crippen LogP contribution is 2.41. The highest BCUT2D eigenvalue weighted by atomic mass is 79.9. The Morgan fingerprint density at radius 2 is 1.89 bits per heavy atom. The number of benzene rings is 1. The summed E-state index contributed by atoms with van der Waals surface area (Å²) in [6, 6.07) is 1.91. The first-order valence-electron chi connectivity index (χ1n) is 10.6. The van der Waals surface area contributed by atoms with Crippen LogP contribution in [0.3, 0.4) is 0 Å². The summed E-state index contributed by atoms with van der Waals surface area (Å²) >= 11 is 4.35. The van der Waals surface area contributed by atoms with E-state index in [1.807, 2.05) is 0 Å². The minimum absolute atomic E-state index is 0.0901. The maximum absolute atomic E-state index is 13.8. The van der Waals surface area contributed by atoms with Crippen LogP contribution in [-0.2, 0) is 18.6 Å². The summed E-state index contributed by atoms with van der Waals surface area (Å²) in [6.45, 7) is -1.55. The first-order valence-corrected chi connectivity index (χ1v) is 13.8. The van der Waals surface area contributed by atoms with Crippen LogP contribution in [0.25, 0.3) is 11.3 Å². The number of hydrogen-bond acceptors (Lipinski definition) is 10. The van der Waals surface area contributed by atoms with Crippen molar-refractivity contribution in [1.82, 2.24) is 20.0 Å². The molecule has 5 atom stereocenters. The zero-order chi connectivity index (χ0) is 27.6. The Kier molecular flexibility index (Phi) is 9.24. The topological polar surface area (TPSA) is 169 Å². The molecule has 1 aliphatic heterocycles. The molecule has 3 aromatic rings. The second-order valence-corrected chi connectivity index (χ2v) is 11.2. The maximum Gasteiger partial charge on any atom is 0.471 e. The lowest BCUT2D eigenvalue weighted by Gasteiger charge is -2.43. The molecule has 2 aromatic heterocycles. The van der Waals surface area contributed by atoms with Gasteiger partial charge in [0.15, 0.2) is 24.2 Å². The smallest absolute Gasteiger partial charge is 0.394 e. The fourth-order valence-electron chi connectivity index (χ4n) is 3.66. The fraction of sp³-hybridized carbons (Fsp3) is 0.350. The van der Waals surface area contributed by atoms with Gasteiger partial charge in [-0.25, -0.2) is 22.4 Å². The van der Waals surface area contributed by atoms with Crippen LogP contribution in [0.2, 0.25) is 0 Å². The normalized spacial score (nSPS) is 24.1. The molecular weight excluding hydrogens is 624 g/mol. The molecule has 0 radical (unpaired) electrons. The fourth-order valence-corrected chi connectivity index (χ4v) is 5.53. The Balaban J connectivity index is 1.71. The zero-order valence-electron chi connectivity index (χ0n) is 18.8. The largest absolute Gasteiger partial charge is 0.471 e. The van der Waals surface area contributed by atoms with Gasteiger partial charge in [-0.15, -0.1) is 5.10 Å². The summed E-state index contributed by atoms with van der Waals surface area (Å²) < 4.78 is 69.6. The average Bonchev–Trinajstić information content (AvgIpc) is 3.33. The van der Waals surface area contributed by atoms with Crippen molar-refractivity contribution in [1.29, 1.82) is 0 Å². The van der Waals surface area contributed by atoms with Crippen molar-refractivity contribution in [3.63, 3.8) is 0 Å². The average molecular weight is 643 g/mol. The summed E-state index contributed by atoms with van der Waals surface area (Å²) in [6.07, 6.45) is 0.320. The van der Waals surface area contributed by atoms with Gasteiger partial charge in [-0.3, -0.25) is 9.51 Å². The number of aromatic nitrogens is 4. The summed E-state index contributed by atoms with van der Waals surface area (Å²) in [4.78, 5) is 22.7. The number of aliphatic hydroxyl groups excluding tert-OH is 2. The van der Waals surface area contributed by atoms with Crippen molar-refractivity contribution >= 4 is 35.5 Å². The van der Waals surface area contributed by atoms with E-state index in [2.05, 4.69) is 35.7 Å². The quantitative estimate of drug-likeness (QED) is 0.153.